The van der Waals surface area contributed by atoms with E-state index in [1.54, 1.807) is 0 Å². The molecule has 4 heteroatoms. The number of carbonyl (C=O) groups excluding carboxylic acids is 2. The summed E-state index contributed by atoms with van der Waals surface area (Å²) in [4.78, 5) is 19.2. The van der Waals surface area contributed by atoms with Crippen molar-refractivity contribution < 1.29 is 9.59 Å². The molecule has 0 aromatic carbocycles. The molecule has 0 bridgehead atoms. The summed E-state index contributed by atoms with van der Waals surface area (Å²) in [7, 11) is 0. The molecule has 0 aliphatic carbocycles. The molecule has 0 saturated carbocycles. The Morgan fingerprint density at radius 3 is 2.75 bits per heavy atom. The molecule has 4 nitrogen and oxygen atoms in total. The van der Waals surface area contributed by atoms with Gasteiger partial charge in [-0.05, 0) is 0 Å². The Morgan fingerprint density at radius 1 is 1.75 bits per heavy atom. The van der Waals surface area contributed by atoms with Gasteiger partial charge < -0.3 is 11.1 Å². The van der Waals surface area contributed by atoms with Crippen LogP contribution >= 0.6 is 0 Å². The molecular formula is C4H5N2O2. The standard InChI is InChI=1S/C4H5N2O2/c5-4(8)6-2-1-3-7/h1-2H,(H3,5,6,8). The minimum absolute atomic E-state index is 0.698. The second-order valence-corrected chi connectivity index (χ2v) is 0.960. The highest BCUT2D eigenvalue weighted by Crippen LogP contribution is 1.58. The lowest BCUT2D eigenvalue weighted by Gasteiger charge is -1.84. The van der Waals surface area contributed by atoms with E-state index >= 15 is 0 Å². The van der Waals surface area contributed by atoms with Gasteiger partial charge in [0.25, 0.3) is 0 Å². The lowest BCUT2D eigenvalue weighted by atomic mass is 10.7. The summed E-state index contributed by atoms with van der Waals surface area (Å²) >= 11 is 0. The molecule has 0 atom stereocenters. The summed E-state index contributed by atoms with van der Waals surface area (Å²) in [6.45, 7) is 0. The van der Waals surface area contributed by atoms with Crippen molar-refractivity contribution in [1.82, 2.24) is 5.32 Å². The first-order valence-corrected chi connectivity index (χ1v) is 1.86. The fraction of sp³-hybridized carbons (Fsp3) is 0. The van der Waals surface area contributed by atoms with Gasteiger partial charge in [-0.1, -0.05) is 0 Å². The Labute approximate surface area is 46.4 Å². The number of hydrogen-bond acceptors (Lipinski definition) is 2. The highest BCUT2D eigenvalue weighted by Gasteiger charge is 1.79. The number of nitrogens with one attached hydrogen (secondary N) is 1. The first-order chi connectivity index (χ1) is 3.77. The van der Waals surface area contributed by atoms with Crippen LogP contribution < -0.4 is 11.1 Å². The van der Waals surface area contributed by atoms with Gasteiger partial charge >= 0.3 is 6.03 Å². The first-order valence-electron chi connectivity index (χ1n) is 1.86. The van der Waals surface area contributed by atoms with E-state index in [9.17, 15) is 9.59 Å². The van der Waals surface area contributed by atoms with Crippen LogP contribution in [0.3, 0.4) is 0 Å². The average Bonchev–Trinajstić information content (AvgIpc) is 1.66. The van der Waals surface area contributed by atoms with Crippen molar-refractivity contribution in [1.29, 1.82) is 0 Å². The van der Waals surface area contributed by atoms with Gasteiger partial charge in [-0.3, -0.25) is 4.79 Å². The quantitative estimate of drug-likeness (QED) is 0.464. The number of nitrogens with two attached hydrogens (primary N) is 1. The zero-order valence-electron chi connectivity index (χ0n) is 4.05. The normalized spacial score (nSPS) is 9.00. The van der Waals surface area contributed by atoms with E-state index in [2.05, 4.69) is 5.73 Å². The highest BCUT2D eigenvalue weighted by molar-refractivity contribution is 5.74. The third kappa shape index (κ3) is 4.68. The Hall–Kier alpha value is -1.32. The zero-order chi connectivity index (χ0) is 6.41. The monoisotopic (exact) mass is 113 g/mol. The van der Waals surface area contributed by atoms with Crippen LogP contribution in [-0.4, -0.2) is 12.3 Å². The van der Waals surface area contributed by atoms with E-state index in [1.807, 2.05) is 5.32 Å². The van der Waals surface area contributed by atoms with Gasteiger partial charge in [0.2, 0.25) is 6.29 Å². The molecule has 2 amide bonds. The van der Waals surface area contributed by atoms with Crippen LogP contribution in [0.5, 0.6) is 0 Å². The summed E-state index contributed by atoms with van der Waals surface area (Å²) in [5.74, 6) is 0. The second kappa shape index (κ2) is 3.86. The van der Waals surface area contributed by atoms with Crippen molar-refractivity contribution in [2.75, 3.05) is 0 Å². The molecule has 0 aromatic rings. The van der Waals surface area contributed by atoms with Gasteiger partial charge in [-0.2, -0.15) is 0 Å². The fourth-order valence-corrected chi connectivity index (χ4v) is 0.158. The van der Waals surface area contributed by atoms with Crippen molar-refractivity contribution in [3.05, 3.63) is 12.3 Å². The highest BCUT2D eigenvalue weighted by atomic mass is 16.2. The molecule has 3 N–H and O–H groups in total. The Bertz CT molecular complexity index is 119. The van der Waals surface area contributed by atoms with Crippen molar-refractivity contribution >= 4 is 12.3 Å². The summed E-state index contributed by atoms with van der Waals surface area (Å²) in [5.41, 5.74) is 4.60. The second-order valence-electron chi connectivity index (χ2n) is 0.960. The molecule has 0 aliphatic rings. The number of rotatable bonds is 2. The molecule has 8 heavy (non-hydrogen) atoms. The van der Waals surface area contributed by atoms with Crippen LogP contribution in [0.1, 0.15) is 0 Å². The van der Waals surface area contributed by atoms with Crippen molar-refractivity contribution in [3.63, 3.8) is 0 Å². The molecule has 0 rings (SSSR count). The summed E-state index contributed by atoms with van der Waals surface area (Å²) < 4.78 is 0. The summed E-state index contributed by atoms with van der Waals surface area (Å²) in [6, 6.07) is -0.698. The molecule has 0 heterocycles. The first kappa shape index (κ1) is 6.68. The molecule has 0 fully saturated rings. The van der Waals surface area contributed by atoms with Crippen LogP contribution in [0.4, 0.5) is 4.79 Å². The minimum atomic E-state index is -0.698. The van der Waals surface area contributed by atoms with Gasteiger partial charge in [0, 0.05) is 12.3 Å². The Morgan fingerprint density at radius 2 is 2.38 bits per heavy atom. The predicted octanol–water partition coefficient (Wildman–Crippen LogP) is -0.722. The Kier molecular flexibility index (Phi) is 3.22. The Balaban J connectivity index is 3.29. The number of allylic oxidation sites excluding steroid dienone is 1. The van der Waals surface area contributed by atoms with E-state index in [4.69, 9.17) is 0 Å². The average molecular weight is 113 g/mol. The third-order valence-corrected chi connectivity index (χ3v) is 0.377. The lowest BCUT2D eigenvalue weighted by molar-refractivity contribution is 0.252. The van der Waals surface area contributed by atoms with E-state index in [1.165, 1.54) is 6.29 Å². The predicted molar refractivity (Wildman–Crippen MR) is 27.6 cm³/mol. The van der Waals surface area contributed by atoms with Crippen LogP contribution in [0.15, 0.2) is 12.3 Å². The van der Waals surface area contributed by atoms with Crippen LogP contribution in [-0.2, 0) is 4.79 Å². The molecular weight excluding hydrogens is 108 g/mol. The molecule has 0 aromatic heterocycles. The van der Waals surface area contributed by atoms with Crippen LogP contribution in [0, 0.1) is 0 Å². The van der Waals surface area contributed by atoms with E-state index < -0.39 is 6.03 Å². The van der Waals surface area contributed by atoms with E-state index in [0.717, 1.165) is 12.3 Å². The lowest BCUT2D eigenvalue weighted by Crippen LogP contribution is -2.23. The van der Waals surface area contributed by atoms with Gasteiger partial charge in [0.05, 0.1) is 0 Å². The van der Waals surface area contributed by atoms with E-state index in [-0.39, 0.29) is 0 Å². The van der Waals surface area contributed by atoms with Gasteiger partial charge in [-0.15, -0.1) is 0 Å². The number of urea groups is 1. The van der Waals surface area contributed by atoms with Crippen LogP contribution in [0.25, 0.3) is 0 Å². The van der Waals surface area contributed by atoms with Crippen molar-refractivity contribution in [3.8, 4) is 0 Å². The third-order valence-electron chi connectivity index (χ3n) is 0.377. The molecule has 43 valence electrons. The largest absolute Gasteiger partial charge is 0.351 e. The minimum Gasteiger partial charge on any atom is -0.351 e. The topological polar surface area (TPSA) is 72.2 Å². The van der Waals surface area contributed by atoms with Crippen LogP contribution in [0.2, 0.25) is 0 Å². The smallest absolute Gasteiger partial charge is 0.316 e. The molecule has 0 unspecified atom stereocenters. The van der Waals surface area contributed by atoms with Gasteiger partial charge in [-0.25, -0.2) is 4.79 Å². The molecule has 0 aliphatic heterocycles. The zero-order valence-corrected chi connectivity index (χ0v) is 4.05. The maximum Gasteiger partial charge on any atom is 0.316 e. The molecule has 1 radical (unpaired) electrons. The molecule has 0 saturated heterocycles. The van der Waals surface area contributed by atoms with Gasteiger partial charge in [0.1, 0.15) is 0 Å². The fourth-order valence-electron chi connectivity index (χ4n) is 0.158. The maximum atomic E-state index is 9.80. The number of amides is 2. The van der Waals surface area contributed by atoms with E-state index in [0.29, 0.717) is 0 Å². The number of primary amides is 1. The van der Waals surface area contributed by atoms with Crippen molar-refractivity contribution in [2.24, 2.45) is 5.73 Å². The summed E-state index contributed by atoms with van der Waals surface area (Å²) in [6.07, 6.45) is 3.53. The number of hydrogen-bond donors (Lipinski definition) is 2. The maximum absolute atomic E-state index is 9.80. The molecule has 0 spiro atoms. The SMILES string of the molecule is NC(=O)NC=C[C]=O. The van der Waals surface area contributed by atoms with Gasteiger partial charge in [0.15, 0.2) is 0 Å². The summed E-state index contributed by atoms with van der Waals surface area (Å²) in [5, 5.41) is 2.04. The number of carbonyl (C=O) groups is 1. The van der Waals surface area contributed by atoms with Crippen molar-refractivity contribution in [2.45, 2.75) is 0 Å².